The zero-order valence-electron chi connectivity index (χ0n) is 15.4. The Bertz CT molecular complexity index is 1120. The maximum absolute atomic E-state index is 12.9. The Labute approximate surface area is 159 Å². The third-order valence-corrected chi connectivity index (χ3v) is 5.34. The largest absolute Gasteiger partial charge is 0.321 e. The van der Waals surface area contributed by atoms with Crippen LogP contribution in [0.25, 0.3) is 21.5 Å². The van der Waals surface area contributed by atoms with E-state index in [-0.39, 0.29) is 11.7 Å². The second-order valence-electron chi connectivity index (χ2n) is 7.22. The van der Waals surface area contributed by atoms with Gasteiger partial charge < -0.3 is 5.73 Å². The molecule has 0 aliphatic heterocycles. The van der Waals surface area contributed by atoms with E-state index in [0.717, 1.165) is 16.5 Å². The van der Waals surface area contributed by atoms with Gasteiger partial charge in [-0.2, -0.15) is 0 Å². The number of Topliss-reactive ketones (excluding diaryl/α,β-unsaturated/α-hetero) is 1. The summed E-state index contributed by atoms with van der Waals surface area (Å²) in [6, 6.07) is 28.4. The Kier molecular flexibility index (Phi) is 4.74. The third kappa shape index (κ3) is 3.62. The van der Waals surface area contributed by atoms with Crippen LogP contribution < -0.4 is 5.73 Å². The van der Waals surface area contributed by atoms with Crippen LogP contribution in [0.1, 0.15) is 24.0 Å². The van der Waals surface area contributed by atoms with Crippen molar-refractivity contribution >= 4 is 27.3 Å². The summed E-state index contributed by atoms with van der Waals surface area (Å²) in [7, 11) is 0. The lowest BCUT2D eigenvalue weighted by Crippen LogP contribution is -2.35. The summed E-state index contributed by atoms with van der Waals surface area (Å²) in [5.41, 5.74) is 8.41. The molecule has 0 saturated heterocycles. The number of ketones is 1. The van der Waals surface area contributed by atoms with Gasteiger partial charge in [-0.1, -0.05) is 91.9 Å². The molecule has 134 valence electrons. The van der Waals surface area contributed by atoms with Gasteiger partial charge in [0.2, 0.25) is 0 Å². The molecule has 0 unspecified atom stereocenters. The minimum atomic E-state index is -0.507. The highest BCUT2D eigenvalue weighted by Gasteiger charge is 2.22. The second kappa shape index (κ2) is 7.34. The summed E-state index contributed by atoms with van der Waals surface area (Å²) in [5, 5.41) is 4.71. The van der Waals surface area contributed by atoms with E-state index in [4.69, 9.17) is 5.73 Å². The quantitative estimate of drug-likeness (QED) is 0.533. The molecule has 27 heavy (non-hydrogen) atoms. The Morgan fingerprint density at radius 3 is 2.00 bits per heavy atom. The Hall–Kier alpha value is -2.97. The van der Waals surface area contributed by atoms with Crippen LogP contribution in [0.15, 0.2) is 84.9 Å². The minimum Gasteiger partial charge on any atom is -0.321 e. The maximum atomic E-state index is 12.9. The van der Waals surface area contributed by atoms with Gasteiger partial charge in [-0.3, -0.25) is 4.79 Å². The first-order valence-electron chi connectivity index (χ1n) is 9.37. The monoisotopic (exact) mass is 353 g/mol. The van der Waals surface area contributed by atoms with E-state index >= 15 is 0 Å². The third-order valence-electron chi connectivity index (χ3n) is 5.34. The fourth-order valence-corrected chi connectivity index (χ4v) is 3.68. The lowest BCUT2D eigenvalue weighted by molar-refractivity contribution is -0.121. The molecule has 0 fully saturated rings. The van der Waals surface area contributed by atoms with Gasteiger partial charge in [-0.25, -0.2) is 0 Å². The maximum Gasteiger partial charge on any atom is 0.157 e. The van der Waals surface area contributed by atoms with Gasteiger partial charge in [-0.15, -0.1) is 0 Å². The van der Waals surface area contributed by atoms with Crippen LogP contribution in [-0.2, 0) is 11.2 Å². The first-order chi connectivity index (χ1) is 13.1. The van der Waals surface area contributed by atoms with Crippen LogP contribution in [0.4, 0.5) is 0 Å². The topological polar surface area (TPSA) is 43.1 Å². The lowest BCUT2D eigenvalue weighted by Gasteiger charge is -2.17. The summed E-state index contributed by atoms with van der Waals surface area (Å²) in [6.07, 6.45) is 0.557. The molecule has 0 radical (unpaired) electrons. The van der Waals surface area contributed by atoms with Crippen LogP contribution in [0.3, 0.4) is 0 Å². The van der Waals surface area contributed by atoms with Crippen molar-refractivity contribution in [1.29, 1.82) is 0 Å². The molecule has 2 heteroatoms. The molecule has 0 aliphatic carbocycles. The number of carbonyl (C=O) groups excluding carboxylic acids is 1. The van der Waals surface area contributed by atoms with Crippen LogP contribution in [-0.4, -0.2) is 11.8 Å². The highest BCUT2D eigenvalue weighted by Crippen LogP contribution is 2.24. The fraction of sp³-hybridized carbons (Fsp3) is 0.160. The molecule has 0 saturated carbocycles. The second-order valence-corrected chi connectivity index (χ2v) is 7.22. The minimum absolute atomic E-state index is 0.0819. The van der Waals surface area contributed by atoms with E-state index in [1.807, 2.05) is 37.3 Å². The summed E-state index contributed by atoms with van der Waals surface area (Å²) >= 11 is 0. The van der Waals surface area contributed by atoms with Crippen molar-refractivity contribution in [3.8, 4) is 0 Å². The van der Waals surface area contributed by atoms with Crippen LogP contribution in [0.2, 0.25) is 0 Å². The summed E-state index contributed by atoms with van der Waals surface area (Å²) in [5.74, 6) is -0.136. The van der Waals surface area contributed by atoms with E-state index in [1.165, 1.54) is 16.2 Å². The zero-order valence-corrected chi connectivity index (χ0v) is 15.4. The Balaban J connectivity index is 1.52. The molecule has 0 amide bonds. The molecular weight excluding hydrogens is 330 g/mol. The van der Waals surface area contributed by atoms with Crippen molar-refractivity contribution in [3.05, 3.63) is 96.1 Å². The molecule has 0 aromatic heterocycles. The van der Waals surface area contributed by atoms with E-state index in [1.54, 1.807) is 0 Å². The standard InChI is InChI=1S/C25H23NO/c1-17(21-13-12-20-7-3-5-9-23(20)16-21)25(27)24(26)15-18-10-11-19-6-2-4-8-22(19)14-18/h2-14,16-17,24H,15,26H2,1H3/t17-,24+/m1/s1. The molecule has 0 aliphatic rings. The predicted molar refractivity (Wildman–Crippen MR) is 113 cm³/mol. The van der Waals surface area contributed by atoms with E-state index in [9.17, 15) is 4.79 Å². The van der Waals surface area contributed by atoms with Crippen molar-refractivity contribution in [3.63, 3.8) is 0 Å². The zero-order chi connectivity index (χ0) is 18.8. The molecule has 4 aromatic carbocycles. The SMILES string of the molecule is C[C@@H](C(=O)[C@@H](N)Cc1ccc2ccccc2c1)c1ccc2ccccc2c1. The summed E-state index contributed by atoms with van der Waals surface area (Å²) < 4.78 is 0. The van der Waals surface area contributed by atoms with Gasteiger partial charge in [0.25, 0.3) is 0 Å². The first kappa shape index (κ1) is 17.4. The predicted octanol–water partition coefficient (Wildman–Crippen LogP) is 5.24. The van der Waals surface area contributed by atoms with Gasteiger partial charge in [-0.05, 0) is 39.1 Å². The molecule has 2 nitrogen and oxygen atoms in total. The first-order valence-corrected chi connectivity index (χ1v) is 9.37. The lowest BCUT2D eigenvalue weighted by atomic mass is 9.89. The van der Waals surface area contributed by atoms with Crippen molar-refractivity contribution in [2.75, 3.05) is 0 Å². The van der Waals surface area contributed by atoms with Gasteiger partial charge in [0, 0.05) is 5.92 Å². The number of benzene rings is 4. The number of fused-ring (bicyclic) bond motifs is 2. The molecular formula is C25H23NO. The Morgan fingerprint density at radius 2 is 1.33 bits per heavy atom. The fourth-order valence-electron chi connectivity index (χ4n) is 3.68. The van der Waals surface area contributed by atoms with Crippen molar-refractivity contribution in [2.45, 2.75) is 25.3 Å². The molecule has 2 N–H and O–H groups in total. The molecule has 4 aromatic rings. The van der Waals surface area contributed by atoms with E-state index < -0.39 is 6.04 Å². The van der Waals surface area contributed by atoms with Crippen LogP contribution >= 0.6 is 0 Å². The molecule has 2 atom stereocenters. The van der Waals surface area contributed by atoms with Crippen molar-refractivity contribution < 1.29 is 4.79 Å². The molecule has 0 bridgehead atoms. The number of nitrogens with two attached hydrogens (primary N) is 1. The van der Waals surface area contributed by atoms with E-state index in [0.29, 0.717) is 6.42 Å². The normalized spacial score (nSPS) is 13.6. The van der Waals surface area contributed by atoms with Gasteiger partial charge in [0.05, 0.1) is 6.04 Å². The van der Waals surface area contributed by atoms with Gasteiger partial charge in [0.15, 0.2) is 5.78 Å². The molecule has 4 rings (SSSR count). The number of hydrogen-bond acceptors (Lipinski definition) is 2. The smallest absolute Gasteiger partial charge is 0.157 e. The highest BCUT2D eigenvalue weighted by atomic mass is 16.1. The van der Waals surface area contributed by atoms with Gasteiger partial charge >= 0.3 is 0 Å². The van der Waals surface area contributed by atoms with Gasteiger partial charge in [0.1, 0.15) is 0 Å². The molecule has 0 heterocycles. The number of hydrogen-bond donors (Lipinski definition) is 1. The van der Waals surface area contributed by atoms with Crippen molar-refractivity contribution in [1.82, 2.24) is 0 Å². The van der Waals surface area contributed by atoms with Crippen LogP contribution in [0, 0.1) is 0 Å². The van der Waals surface area contributed by atoms with E-state index in [2.05, 4.69) is 54.6 Å². The summed E-state index contributed by atoms with van der Waals surface area (Å²) in [4.78, 5) is 12.9. The highest BCUT2D eigenvalue weighted by molar-refractivity contribution is 5.92. The average Bonchev–Trinajstić information content (AvgIpc) is 2.72. The van der Waals surface area contributed by atoms with Crippen molar-refractivity contribution in [2.24, 2.45) is 5.73 Å². The number of rotatable bonds is 5. The average molecular weight is 353 g/mol. The Morgan fingerprint density at radius 1 is 0.778 bits per heavy atom. The number of carbonyl (C=O) groups is 1. The summed E-state index contributed by atoms with van der Waals surface area (Å²) in [6.45, 7) is 1.95. The van der Waals surface area contributed by atoms with Crippen LogP contribution in [0.5, 0.6) is 0 Å². The molecule has 0 spiro atoms.